The minimum Gasteiger partial charge on any atom is -0.461 e. The van der Waals surface area contributed by atoms with Gasteiger partial charge in [-0.15, -0.1) is 0 Å². The van der Waals surface area contributed by atoms with Crippen LogP contribution in [0.2, 0.25) is 0 Å². The lowest BCUT2D eigenvalue weighted by Crippen LogP contribution is -2.59. The fourth-order valence-corrected chi connectivity index (χ4v) is 9.92. The van der Waals surface area contributed by atoms with E-state index in [2.05, 4.69) is 0 Å². The van der Waals surface area contributed by atoms with Crippen LogP contribution in [-0.2, 0) is 28.6 Å². The van der Waals surface area contributed by atoms with Gasteiger partial charge in [-0.1, -0.05) is 0 Å². The Morgan fingerprint density at radius 1 is 0.763 bits per heavy atom. The van der Waals surface area contributed by atoms with Crippen molar-refractivity contribution in [2.24, 2.45) is 34.5 Å². The molecule has 2 N–H and O–H groups in total. The van der Waals surface area contributed by atoms with E-state index in [-0.39, 0.29) is 30.1 Å². The molecular weight excluding hydrogens is 502 g/mol. The molecule has 212 valence electrons. The van der Waals surface area contributed by atoms with Crippen LogP contribution in [0.1, 0.15) is 84.0 Å². The molecular formula is C28H38F2O8. The minimum atomic E-state index is -3.72. The zero-order chi connectivity index (χ0) is 27.1. The predicted molar refractivity (Wildman–Crippen MR) is 127 cm³/mol. The SMILES string of the molecule is CC(F)(F)C(=O)OCC(COC(=O)C12CC3CC(CC(O)(C3)C1)C2)OC(=O)C12CC3CC(CC(O)(C3)C1)C2. The van der Waals surface area contributed by atoms with Crippen LogP contribution in [0.5, 0.6) is 0 Å². The normalized spacial score (nSPS) is 45.1. The summed E-state index contributed by atoms with van der Waals surface area (Å²) in [4.78, 5) is 38.6. The van der Waals surface area contributed by atoms with Gasteiger partial charge in [0.25, 0.3) is 0 Å². The Morgan fingerprint density at radius 2 is 1.18 bits per heavy atom. The average molecular weight is 541 g/mol. The molecule has 0 heterocycles. The summed E-state index contributed by atoms with van der Waals surface area (Å²) in [6.45, 7) is -0.684. The van der Waals surface area contributed by atoms with Crippen molar-refractivity contribution in [3.05, 3.63) is 0 Å². The molecule has 8 aliphatic rings. The first-order chi connectivity index (χ1) is 17.7. The van der Waals surface area contributed by atoms with Crippen molar-refractivity contribution in [2.75, 3.05) is 13.2 Å². The van der Waals surface area contributed by atoms with Gasteiger partial charge in [-0.25, -0.2) is 4.79 Å². The van der Waals surface area contributed by atoms with Crippen LogP contribution in [0.4, 0.5) is 8.78 Å². The van der Waals surface area contributed by atoms with Gasteiger partial charge in [0.15, 0.2) is 6.10 Å². The molecule has 0 aliphatic heterocycles. The highest BCUT2D eigenvalue weighted by molar-refractivity contribution is 5.79. The Hall–Kier alpha value is -1.81. The average Bonchev–Trinajstić information content (AvgIpc) is 2.76. The molecule has 8 rings (SSSR count). The van der Waals surface area contributed by atoms with Gasteiger partial charge >= 0.3 is 23.8 Å². The number of ether oxygens (including phenoxy) is 3. The van der Waals surface area contributed by atoms with Crippen LogP contribution >= 0.6 is 0 Å². The van der Waals surface area contributed by atoms with Gasteiger partial charge in [-0.05, 0) is 101 Å². The molecule has 0 aromatic heterocycles. The number of aliphatic hydroxyl groups is 2. The number of alkyl halides is 2. The summed E-state index contributed by atoms with van der Waals surface area (Å²) in [6, 6.07) is 0. The van der Waals surface area contributed by atoms with Gasteiger partial charge in [0.1, 0.15) is 13.2 Å². The maximum atomic E-state index is 13.5. The quantitative estimate of drug-likeness (QED) is 0.356. The second kappa shape index (κ2) is 8.59. The third-order valence-corrected chi connectivity index (χ3v) is 10.4. The van der Waals surface area contributed by atoms with Crippen LogP contribution in [0.25, 0.3) is 0 Å². The molecule has 8 aliphatic carbocycles. The van der Waals surface area contributed by atoms with Crippen LogP contribution < -0.4 is 0 Å². The number of hydrogen-bond donors (Lipinski definition) is 2. The molecule has 38 heavy (non-hydrogen) atoms. The number of esters is 3. The summed E-state index contributed by atoms with van der Waals surface area (Å²) in [5, 5.41) is 22.0. The lowest BCUT2D eigenvalue weighted by molar-refractivity contribution is -0.210. The van der Waals surface area contributed by atoms with E-state index in [1.54, 1.807) is 0 Å². The van der Waals surface area contributed by atoms with Crippen LogP contribution in [0.15, 0.2) is 0 Å². The second-order valence-corrected chi connectivity index (χ2v) is 14.0. The molecule has 0 aromatic carbocycles. The number of halogens is 2. The number of carbonyl (C=O) groups excluding carboxylic acids is 3. The van der Waals surface area contributed by atoms with Gasteiger partial charge < -0.3 is 24.4 Å². The van der Waals surface area contributed by atoms with Crippen molar-refractivity contribution in [1.82, 2.24) is 0 Å². The topological polar surface area (TPSA) is 119 Å². The Bertz CT molecular complexity index is 993. The monoisotopic (exact) mass is 540 g/mol. The van der Waals surface area contributed by atoms with Gasteiger partial charge in [0.2, 0.25) is 0 Å². The molecule has 5 atom stereocenters. The molecule has 8 nitrogen and oxygen atoms in total. The first-order valence-electron chi connectivity index (χ1n) is 14.1. The van der Waals surface area contributed by atoms with E-state index in [9.17, 15) is 33.4 Å². The fourth-order valence-electron chi connectivity index (χ4n) is 9.92. The summed E-state index contributed by atoms with van der Waals surface area (Å²) >= 11 is 0. The Labute approximate surface area is 220 Å². The lowest BCUT2D eigenvalue weighted by atomic mass is 9.48. The first kappa shape index (κ1) is 26.4. The third-order valence-electron chi connectivity index (χ3n) is 10.4. The molecule has 8 saturated carbocycles. The molecule has 0 radical (unpaired) electrons. The Kier molecular flexibility index (Phi) is 5.97. The number of carbonyl (C=O) groups is 3. The predicted octanol–water partition coefficient (Wildman–Crippen LogP) is 3.30. The van der Waals surface area contributed by atoms with E-state index in [1.165, 1.54) is 0 Å². The Balaban J connectivity index is 1.15. The van der Waals surface area contributed by atoms with Crippen molar-refractivity contribution in [1.29, 1.82) is 0 Å². The Morgan fingerprint density at radius 3 is 1.61 bits per heavy atom. The largest absolute Gasteiger partial charge is 0.461 e. The third kappa shape index (κ3) is 4.63. The van der Waals surface area contributed by atoms with Crippen LogP contribution in [0.3, 0.4) is 0 Å². The summed E-state index contributed by atoms with van der Waals surface area (Å²) in [5.74, 6) is -5.54. The molecule has 0 saturated heterocycles. The standard InChI is InChI=1S/C28H38F2O8/c1-24(29,30)21(31)36-12-20(38-23(33)26-6-18-3-19(7-26)11-28(35,10-18)15-26)13-37-22(32)25-4-16-2-17(5-25)9-27(34,8-16)14-25/h16-20,34-35H,2-15H2,1H3. The van der Waals surface area contributed by atoms with Gasteiger partial charge in [-0.2, -0.15) is 8.78 Å². The molecule has 0 spiro atoms. The zero-order valence-corrected chi connectivity index (χ0v) is 21.9. The van der Waals surface area contributed by atoms with Gasteiger partial charge in [0, 0.05) is 6.92 Å². The molecule has 10 heteroatoms. The molecule has 8 bridgehead atoms. The first-order valence-corrected chi connectivity index (χ1v) is 14.1. The van der Waals surface area contributed by atoms with Crippen molar-refractivity contribution < 1.29 is 47.6 Å². The molecule has 0 aromatic rings. The van der Waals surface area contributed by atoms with Gasteiger partial charge in [-0.3, -0.25) is 9.59 Å². The second-order valence-electron chi connectivity index (χ2n) is 14.0. The smallest absolute Gasteiger partial charge is 0.376 e. The minimum absolute atomic E-state index is 0.226. The van der Waals surface area contributed by atoms with E-state index in [0.717, 1.165) is 12.8 Å². The highest BCUT2D eigenvalue weighted by atomic mass is 19.3. The lowest BCUT2D eigenvalue weighted by Gasteiger charge is -2.59. The number of rotatable bonds is 8. The van der Waals surface area contributed by atoms with Crippen molar-refractivity contribution in [3.63, 3.8) is 0 Å². The molecule has 5 unspecified atom stereocenters. The molecule has 0 amide bonds. The summed E-state index contributed by atoms with van der Waals surface area (Å²) in [6.07, 6.45) is 6.50. The summed E-state index contributed by atoms with van der Waals surface area (Å²) < 4.78 is 43.0. The van der Waals surface area contributed by atoms with Crippen molar-refractivity contribution >= 4 is 17.9 Å². The van der Waals surface area contributed by atoms with E-state index < -0.39 is 65.2 Å². The van der Waals surface area contributed by atoms with Crippen molar-refractivity contribution in [2.45, 2.75) is 107 Å². The van der Waals surface area contributed by atoms with E-state index in [4.69, 9.17) is 14.2 Å². The number of hydrogen-bond acceptors (Lipinski definition) is 8. The molecule has 8 fully saturated rings. The maximum Gasteiger partial charge on any atom is 0.376 e. The van der Waals surface area contributed by atoms with Crippen molar-refractivity contribution in [3.8, 4) is 0 Å². The van der Waals surface area contributed by atoms with Gasteiger partial charge in [0.05, 0.1) is 22.0 Å². The van der Waals surface area contributed by atoms with E-state index in [1.807, 2.05) is 0 Å². The fraction of sp³-hybridized carbons (Fsp3) is 0.893. The summed E-state index contributed by atoms with van der Waals surface area (Å²) in [7, 11) is 0. The highest BCUT2D eigenvalue weighted by Gasteiger charge is 2.62. The highest BCUT2D eigenvalue weighted by Crippen LogP contribution is 2.63. The van der Waals surface area contributed by atoms with E-state index >= 15 is 0 Å². The van der Waals surface area contributed by atoms with Crippen LogP contribution in [-0.4, -0.2) is 64.6 Å². The zero-order valence-electron chi connectivity index (χ0n) is 21.9. The maximum absolute atomic E-state index is 13.5. The summed E-state index contributed by atoms with van der Waals surface area (Å²) in [5.41, 5.74) is -3.44. The van der Waals surface area contributed by atoms with Crippen LogP contribution in [0, 0.1) is 34.5 Å². The van der Waals surface area contributed by atoms with E-state index in [0.29, 0.717) is 64.7 Å².